The molecule has 2 amide bonds. The van der Waals surface area contributed by atoms with Gasteiger partial charge in [0.25, 0.3) is 0 Å². The van der Waals surface area contributed by atoms with Crippen LogP contribution in [0.4, 0.5) is 0 Å². The standard InChI is InChI=1S/C12H20N2O2S/c1-9(17-2)10(15)14-8-7-13-11(16)12(14)5-3-4-6-12/h9H,3-8H2,1-2H3,(H,13,16). The summed E-state index contributed by atoms with van der Waals surface area (Å²) in [6.45, 7) is 3.17. The molecule has 1 N–H and O–H groups in total. The van der Waals surface area contributed by atoms with Crippen molar-refractivity contribution in [2.75, 3.05) is 19.3 Å². The molecule has 0 bridgehead atoms. The molecular weight excluding hydrogens is 236 g/mol. The van der Waals surface area contributed by atoms with E-state index in [1.165, 1.54) is 0 Å². The Morgan fingerprint density at radius 2 is 2.12 bits per heavy atom. The summed E-state index contributed by atoms with van der Waals surface area (Å²) in [6, 6.07) is 0. The summed E-state index contributed by atoms with van der Waals surface area (Å²) in [7, 11) is 0. The zero-order valence-electron chi connectivity index (χ0n) is 10.5. The van der Waals surface area contributed by atoms with E-state index in [1.807, 2.05) is 18.1 Å². The average Bonchev–Trinajstić information content (AvgIpc) is 2.81. The highest BCUT2D eigenvalue weighted by molar-refractivity contribution is 7.99. The monoisotopic (exact) mass is 256 g/mol. The van der Waals surface area contributed by atoms with Gasteiger partial charge in [-0.05, 0) is 26.0 Å². The molecule has 1 heterocycles. The van der Waals surface area contributed by atoms with Gasteiger partial charge in [0, 0.05) is 13.1 Å². The third-order valence-electron chi connectivity index (χ3n) is 3.96. The summed E-state index contributed by atoms with van der Waals surface area (Å²) in [4.78, 5) is 26.3. The summed E-state index contributed by atoms with van der Waals surface area (Å²) in [5, 5.41) is 2.86. The average molecular weight is 256 g/mol. The Kier molecular flexibility index (Phi) is 3.66. The van der Waals surface area contributed by atoms with E-state index in [-0.39, 0.29) is 17.1 Å². The van der Waals surface area contributed by atoms with Crippen molar-refractivity contribution >= 4 is 23.6 Å². The van der Waals surface area contributed by atoms with Gasteiger partial charge in [-0.1, -0.05) is 12.8 Å². The molecule has 0 aromatic heterocycles. The molecule has 4 nitrogen and oxygen atoms in total. The van der Waals surface area contributed by atoms with Crippen molar-refractivity contribution in [2.45, 2.75) is 43.4 Å². The summed E-state index contributed by atoms with van der Waals surface area (Å²) >= 11 is 1.55. The SMILES string of the molecule is CSC(C)C(=O)N1CCNC(=O)C12CCCC2. The Morgan fingerprint density at radius 3 is 2.71 bits per heavy atom. The molecule has 5 heteroatoms. The summed E-state index contributed by atoms with van der Waals surface area (Å²) in [6.07, 6.45) is 5.68. The van der Waals surface area contributed by atoms with E-state index in [0.29, 0.717) is 13.1 Å². The molecule has 1 spiro atoms. The summed E-state index contributed by atoms with van der Waals surface area (Å²) < 4.78 is 0. The Balaban J connectivity index is 2.24. The highest BCUT2D eigenvalue weighted by Gasteiger charge is 2.50. The predicted molar refractivity (Wildman–Crippen MR) is 68.9 cm³/mol. The number of hydrogen-bond donors (Lipinski definition) is 1. The maximum absolute atomic E-state index is 12.4. The lowest BCUT2D eigenvalue weighted by Crippen LogP contribution is -2.66. The smallest absolute Gasteiger partial charge is 0.246 e. The largest absolute Gasteiger partial charge is 0.352 e. The minimum Gasteiger partial charge on any atom is -0.352 e. The molecule has 2 aliphatic rings. The van der Waals surface area contributed by atoms with Gasteiger partial charge < -0.3 is 10.2 Å². The van der Waals surface area contributed by atoms with E-state index in [1.54, 1.807) is 11.8 Å². The molecule has 1 aliphatic heterocycles. The van der Waals surface area contributed by atoms with Crippen molar-refractivity contribution in [1.29, 1.82) is 0 Å². The molecule has 17 heavy (non-hydrogen) atoms. The minimum absolute atomic E-state index is 0.0571. The van der Waals surface area contributed by atoms with Crippen molar-refractivity contribution < 1.29 is 9.59 Å². The van der Waals surface area contributed by atoms with Crippen LogP contribution in [0.15, 0.2) is 0 Å². The first-order valence-corrected chi connectivity index (χ1v) is 7.53. The fourth-order valence-corrected chi connectivity index (χ4v) is 3.21. The first-order valence-electron chi connectivity index (χ1n) is 6.24. The molecule has 0 radical (unpaired) electrons. The fraction of sp³-hybridized carbons (Fsp3) is 0.833. The maximum atomic E-state index is 12.4. The lowest BCUT2D eigenvalue weighted by molar-refractivity contribution is -0.150. The van der Waals surface area contributed by atoms with Crippen LogP contribution >= 0.6 is 11.8 Å². The zero-order valence-corrected chi connectivity index (χ0v) is 11.3. The van der Waals surface area contributed by atoms with E-state index in [4.69, 9.17) is 0 Å². The summed E-state index contributed by atoms with van der Waals surface area (Å²) in [5.41, 5.74) is -0.528. The van der Waals surface area contributed by atoms with Crippen LogP contribution in [0, 0.1) is 0 Å². The molecule has 1 unspecified atom stereocenters. The first-order chi connectivity index (χ1) is 8.12. The number of thioether (sulfide) groups is 1. The number of carbonyl (C=O) groups is 2. The molecule has 1 aliphatic carbocycles. The Bertz CT molecular complexity index is 326. The highest BCUT2D eigenvalue weighted by atomic mass is 32.2. The maximum Gasteiger partial charge on any atom is 0.246 e. The first kappa shape index (κ1) is 12.7. The predicted octanol–water partition coefficient (Wildman–Crippen LogP) is 1.01. The lowest BCUT2D eigenvalue weighted by atomic mass is 9.91. The molecule has 2 fully saturated rings. The van der Waals surface area contributed by atoms with Crippen LogP contribution in [0.3, 0.4) is 0 Å². The van der Waals surface area contributed by atoms with Gasteiger partial charge >= 0.3 is 0 Å². The number of hydrogen-bond acceptors (Lipinski definition) is 3. The molecule has 2 rings (SSSR count). The van der Waals surface area contributed by atoms with Crippen LogP contribution in [-0.4, -0.2) is 46.8 Å². The van der Waals surface area contributed by atoms with E-state index < -0.39 is 5.54 Å². The molecule has 1 atom stereocenters. The van der Waals surface area contributed by atoms with E-state index in [2.05, 4.69) is 5.32 Å². The van der Waals surface area contributed by atoms with Crippen LogP contribution in [0.2, 0.25) is 0 Å². The van der Waals surface area contributed by atoms with Crippen LogP contribution < -0.4 is 5.32 Å². The van der Waals surface area contributed by atoms with Crippen LogP contribution in [0.1, 0.15) is 32.6 Å². The van der Waals surface area contributed by atoms with Crippen molar-refractivity contribution in [1.82, 2.24) is 10.2 Å². The quantitative estimate of drug-likeness (QED) is 0.802. The number of piperazine rings is 1. The molecule has 96 valence electrons. The normalized spacial score (nSPS) is 24.8. The van der Waals surface area contributed by atoms with E-state index in [9.17, 15) is 9.59 Å². The molecular formula is C12H20N2O2S. The highest BCUT2D eigenvalue weighted by Crippen LogP contribution is 2.37. The van der Waals surface area contributed by atoms with Crippen molar-refractivity contribution in [3.63, 3.8) is 0 Å². The second kappa shape index (κ2) is 4.88. The third kappa shape index (κ3) is 2.05. The third-order valence-corrected chi connectivity index (χ3v) is 4.87. The second-order valence-corrected chi connectivity index (χ2v) is 6.04. The topological polar surface area (TPSA) is 49.4 Å². The van der Waals surface area contributed by atoms with Gasteiger partial charge in [0.1, 0.15) is 5.54 Å². The molecule has 1 saturated heterocycles. The number of nitrogens with one attached hydrogen (secondary N) is 1. The van der Waals surface area contributed by atoms with Crippen molar-refractivity contribution in [3.8, 4) is 0 Å². The molecule has 1 saturated carbocycles. The fourth-order valence-electron chi connectivity index (χ4n) is 2.88. The molecule has 0 aromatic carbocycles. The van der Waals surface area contributed by atoms with Crippen LogP contribution in [0.25, 0.3) is 0 Å². The van der Waals surface area contributed by atoms with Gasteiger partial charge in [-0.25, -0.2) is 0 Å². The van der Waals surface area contributed by atoms with Crippen LogP contribution in [-0.2, 0) is 9.59 Å². The minimum atomic E-state index is -0.528. The van der Waals surface area contributed by atoms with Gasteiger partial charge in [0.2, 0.25) is 11.8 Å². The number of nitrogens with zero attached hydrogens (tertiary/aromatic N) is 1. The Morgan fingerprint density at radius 1 is 1.47 bits per heavy atom. The zero-order chi connectivity index (χ0) is 12.5. The van der Waals surface area contributed by atoms with Gasteiger partial charge in [-0.15, -0.1) is 0 Å². The molecule has 0 aromatic rings. The summed E-state index contributed by atoms with van der Waals surface area (Å²) in [5.74, 6) is 0.178. The lowest BCUT2D eigenvalue weighted by Gasteiger charge is -2.44. The Labute approximate surface area is 106 Å². The number of rotatable bonds is 2. The van der Waals surface area contributed by atoms with E-state index in [0.717, 1.165) is 25.7 Å². The number of amides is 2. The van der Waals surface area contributed by atoms with E-state index >= 15 is 0 Å². The number of carbonyl (C=O) groups excluding carboxylic acids is 2. The van der Waals surface area contributed by atoms with Gasteiger partial charge in [0.15, 0.2) is 0 Å². The van der Waals surface area contributed by atoms with Gasteiger partial charge in [0.05, 0.1) is 5.25 Å². The van der Waals surface area contributed by atoms with Crippen molar-refractivity contribution in [2.24, 2.45) is 0 Å². The Hall–Kier alpha value is -0.710. The van der Waals surface area contributed by atoms with Crippen LogP contribution in [0.5, 0.6) is 0 Å². The van der Waals surface area contributed by atoms with Crippen molar-refractivity contribution in [3.05, 3.63) is 0 Å². The van der Waals surface area contributed by atoms with Gasteiger partial charge in [-0.2, -0.15) is 11.8 Å². The van der Waals surface area contributed by atoms with Gasteiger partial charge in [-0.3, -0.25) is 9.59 Å². The second-order valence-electron chi connectivity index (χ2n) is 4.86.